The van der Waals surface area contributed by atoms with Crippen molar-refractivity contribution in [1.82, 2.24) is 5.32 Å². The second-order valence-electron chi connectivity index (χ2n) is 5.93. The minimum absolute atomic E-state index is 0.0731. The number of carbonyl (C=O) groups excluding carboxylic acids is 1. The molecule has 9 heteroatoms. The van der Waals surface area contributed by atoms with Crippen LogP contribution < -0.4 is 10.2 Å². The molecule has 0 radical (unpaired) electrons. The van der Waals surface area contributed by atoms with Gasteiger partial charge in [0.05, 0.1) is 23.7 Å². The van der Waals surface area contributed by atoms with Gasteiger partial charge < -0.3 is 10.2 Å². The van der Waals surface area contributed by atoms with Gasteiger partial charge >= 0.3 is 0 Å². The Morgan fingerprint density at radius 2 is 2.15 bits per heavy atom. The number of benzene rings is 1. The Morgan fingerprint density at radius 3 is 2.81 bits per heavy atom. The molecule has 7 nitrogen and oxygen atoms in total. The molecule has 1 amide bonds. The molecule has 3 rings (SSSR count). The molecule has 2 aliphatic heterocycles. The number of amidine groups is 1. The average molecular weight is 390 g/mol. The second kappa shape index (κ2) is 7.51. The van der Waals surface area contributed by atoms with Crippen molar-refractivity contribution in [3.8, 4) is 6.07 Å². The molecule has 0 aliphatic carbocycles. The van der Waals surface area contributed by atoms with Crippen LogP contribution >= 0.6 is 11.8 Å². The Hall–Kier alpha value is -2.31. The summed E-state index contributed by atoms with van der Waals surface area (Å²) in [5.74, 6) is -0.295. The van der Waals surface area contributed by atoms with Crippen molar-refractivity contribution >= 4 is 38.4 Å². The molecule has 2 saturated heterocycles. The van der Waals surface area contributed by atoms with E-state index in [4.69, 9.17) is 5.26 Å². The zero-order valence-electron chi connectivity index (χ0n) is 14.1. The average Bonchev–Trinajstić information content (AvgIpc) is 3.07. The highest BCUT2D eigenvalue weighted by atomic mass is 32.2. The van der Waals surface area contributed by atoms with Crippen molar-refractivity contribution < 1.29 is 13.2 Å². The number of amides is 1. The molecule has 2 aliphatic rings. The van der Waals surface area contributed by atoms with Gasteiger partial charge in [-0.1, -0.05) is 30.0 Å². The number of nitrogens with zero attached hydrogens (tertiary/aromatic N) is 3. The quantitative estimate of drug-likeness (QED) is 0.614. The van der Waals surface area contributed by atoms with Gasteiger partial charge in [0.2, 0.25) is 0 Å². The predicted octanol–water partition coefficient (Wildman–Crippen LogP) is 1.30. The van der Waals surface area contributed by atoms with Gasteiger partial charge in [0.25, 0.3) is 5.91 Å². The molecular weight excluding hydrogens is 372 g/mol. The van der Waals surface area contributed by atoms with E-state index in [1.165, 1.54) is 18.0 Å². The van der Waals surface area contributed by atoms with E-state index >= 15 is 0 Å². The summed E-state index contributed by atoms with van der Waals surface area (Å²) in [7, 11) is -3.08. The highest BCUT2D eigenvalue weighted by Crippen LogP contribution is 2.40. The maximum Gasteiger partial charge on any atom is 0.263 e. The van der Waals surface area contributed by atoms with Crippen molar-refractivity contribution in [1.29, 1.82) is 5.26 Å². The van der Waals surface area contributed by atoms with Gasteiger partial charge in [0.1, 0.15) is 11.6 Å². The Morgan fingerprint density at radius 1 is 1.42 bits per heavy atom. The van der Waals surface area contributed by atoms with Gasteiger partial charge in [0, 0.05) is 17.5 Å². The molecule has 2 fully saturated rings. The van der Waals surface area contributed by atoms with E-state index in [0.717, 1.165) is 5.69 Å². The standard InChI is InChI=1S/C17H18N4O3S2/c1-2-19-16(22)12(8-18)9-20-17-21(13-6-4-3-5-7-13)14-10-26(23,24)11-15(14)25-17/h3-7,9,14-15H,2,10-11H2,1H3,(H,19,22)/b12-9-,20-17?/t14-,15-/m0/s1. The number of hydrogen-bond acceptors (Lipinski definition) is 6. The molecular formula is C17H18N4O3S2. The van der Waals surface area contributed by atoms with Crippen molar-refractivity contribution in [3.63, 3.8) is 0 Å². The number of para-hydroxylation sites is 1. The largest absolute Gasteiger partial charge is 0.352 e. The Balaban J connectivity index is 1.96. The monoisotopic (exact) mass is 390 g/mol. The molecule has 136 valence electrons. The summed E-state index contributed by atoms with van der Waals surface area (Å²) >= 11 is 1.38. The first-order valence-corrected chi connectivity index (χ1v) is 10.8. The van der Waals surface area contributed by atoms with Gasteiger partial charge in [-0.05, 0) is 19.1 Å². The van der Waals surface area contributed by atoms with Crippen molar-refractivity contribution in [2.45, 2.75) is 18.2 Å². The number of fused-ring (bicyclic) bond motifs is 1. The summed E-state index contributed by atoms with van der Waals surface area (Å²) in [6.07, 6.45) is 1.25. The number of carbonyl (C=O) groups is 1. The molecule has 0 bridgehead atoms. The summed E-state index contributed by atoms with van der Waals surface area (Å²) < 4.78 is 24.0. The van der Waals surface area contributed by atoms with Crippen LogP contribution in [-0.4, -0.2) is 48.8 Å². The van der Waals surface area contributed by atoms with Crippen LogP contribution in [0.4, 0.5) is 5.69 Å². The number of sulfone groups is 1. The molecule has 0 saturated carbocycles. The normalized spacial score (nSPS) is 25.8. The molecule has 0 unspecified atom stereocenters. The highest BCUT2D eigenvalue weighted by molar-refractivity contribution is 8.16. The van der Waals surface area contributed by atoms with Crippen molar-refractivity contribution in [3.05, 3.63) is 42.1 Å². The topological polar surface area (TPSA) is 103 Å². The zero-order valence-corrected chi connectivity index (χ0v) is 15.8. The van der Waals surface area contributed by atoms with E-state index in [1.54, 1.807) is 6.92 Å². The predicted molar refractivity (Wildman–Crippen MR) is 103 cm³/mol. The molecule has 1 aromatic carbocycles. The molecule has 2 atom stereocenters. The molecule has 1 aromatic rings. The Bertz CT molecular complexity index is 904. The summed E-state index contributed by atoms with van der Waals surface area (Å²) in [6.45, 7) is 2.19. The third-order valence-corrected chi connectivity index (χ3v) is 7.33. The van der Waals surface area contributed by atoms with Crippen LogP contribution in [0.15, 0.2) is 47.1 Å². The maximum absolute atomic E-state index is 12.0. The SMILES string of the molecule is CCNC(=O)/C(C#N)=C\N=C1S[C@H]2CS(=O)(=O)C[C@@H]2N1c1ccccc1. The van der Waals surface area contributed by atoms with Crippen molar-refractivity contribution in [2.24, 2.45) is 4.99 Å². The summed E-state index contributed by atoms with van der Waals surface area (Å²) in [5.41, 5.74) is 0.755. The van der Waals surface area contributed by atoms with Gasteiger partial charge in [-0.25, -0.2) is 13.4 Å². The number of nitriles is 1. The molecule has 1 N–H and O–H groups in total. The number of likely N-dealkylation sites (N-methyl/N-ethyl adjacent to an activating group) is 1. The van der Waals surface area contributed by atoms with E-state index in [9.17, 15) is 13.2 Å². The van der Waals surface area contributed by atoms with Crippen LogP contribution in [0.5, 0.6) is 0 Å². The summed E-state index contributed by atoms with van der Waals surface area (Å²) in [6, 6.07) is 11.1. The minimum atomic E-state index is -3.08. The lowest BCUT2D eigenvalue weighted by Crippen LogP contribution is -2.37. The Labute approximate surface area is 156 Å². The van der Waals surface area contributed by atoms with Crippen LogP contribution in [0.25, 0.3) is 0 Å². The second-order valence-corrected chi connectivity index (χ2v) is 9.29. The molecule has 0 aromatic heterocycles. The molecule has 2 heterocycles. The first-order valence-electron chi connectivity index (χ1n) is 8.13. The summed E-state index contributed by atoms with van der Waals surface area (Å²) in [4.78, 5) is 18.1. The number of thioether (sulfide) groups is 1. The zero-order chi connectivity index (χ0) is 18.7. The maximum atomic E-state index is 12.0. The van der Waals surface area contributed by atoms with Gasteiger partial charge in [-0.2, -0.15) is 5.26 Å². The Kier molecular flexibility index (Phi) is 5.34. The fraction of sp³-hybridized carbons (Fsp3) is 0.353. The van der Waals surface area contributed by atoms with Crippen LogP contribution in [0.2, 0.25) is 0 Å². The lowest BCUT2D eigenvalue weighted by atomic mass is 10.2. The molecule has 26 heavy (non-hydrogen) atoms. The number of aliphatic imine (C=N–C) groups is 1. The van der Waals surface area contributed by atoms with E-state index in [1.807, 2.05) is 41.3 Å². The molecule has 0 spiro atoms. The number of nitrogens with one attached hydrogen (secondary N) is 1. The lowest BCUT2D eigenvalue weighted by Gasteiger charge is -2.24. The number of hydrogen-bond donors (Lipinski definition) is 1. The van der Waals surface area contributed by atoms with Crippen molar-refractivity contribution in [2.75, 3.05) is 23.0 Å². The van der Waals surface area contributed by atoms with Gasteiger partial charge in [0.15, 0.2) is 15.0 Å². The first-order chi connectivity index (χ1) is 12.4. The fourth-order valence-corrected chi connectivity index (χ4v) is 6.87. The number of anilines is 1. The van der Waals surface area contributed by atoms with E-state index in [2.05, 4.69) is 10.3 Å². The smallest absolute Gasteiger partial charge is 0.263 e. The van der Waals surface area contributed by atoms with Gasteiger partial charge in [-0.3, -0.25) is 4.79 Å². The van der Waals surface area contributed by atoms with Crippen LogP contribution in [-0.2, 0) is 14.6 Å². The third kappa shape index (κ3) is 3.76. The first kappa shape index (κ1) is 18.5. The van der Waals surface area contributed by atoms with E-state index in [-0.39, 0.29) is 28.4 Å². The summed E-state index contributed by atoms with van der Waals surface area (Å²) in [5, 5.41) is 12.2. The van der Waals surface area contributed by atoms with E-state index in [0.29, 0.717) is 11.7 Å². The fourth-order valence-electron chi connectivity index (χ4n) is 2.98. The minimum Gasteiger partial charge on any atom is -0.352 e. The number of rotatable bonds is 4. The van der Waals surface area contributed by atoms with Gasteiger partial charge in [-0.15, -0.1) is 0 Å². The van der Waals surface area contributed by atoms with Crippen LogP contribution in [0.1, 0.15) is 6.92 Å². The highest BCUT2D eigenvalue weighted by Gasteiger charge is 2.49. The van der Waals surface area contributed by atoms with Crippen LogP contribution in [0, 0.1) is 11.3 Å². The third-order valence-electron chi connectivity index (χ3n) is 4.11. The lowest BCUT2D eigenvalue weighted by molar-refractivity contribution is -0.117. The van der Waals surface area contributed by atoms with E-state index < -0.39 is 15.7 Å². The van der Waals surface area contributed by atoms with Crippen LogP contribution in [0.3, 0.4) is 0 Å².